The van der Waals surface area contributed by atoms with Gasteiger partial charge in [-0.3, -0.25) is 18.6 Å². The van der Waals surface area contributed by atoms with E-state index in [1.807, 2.05) is 0 Å². The lowest BCUT2D eigenvalue weighted by molar-refractivity contribution is -0.154. The van der Waals surface area contributed by atoms with Crippen LogP contribution in [0, 0.1) is 0 Å². The minimum absolute atomic E-state index is 0.0140. The molecule has 0 aromatic heterocycles. The number of rotatable bonds is 42. The number of unbranched alkanes of at least 4 members (excludes halogenated alkanes) is 24. The number of aliphatic carboxylic acids is 1. The Morgan fingerprint density at radius 2 is 1.00 bits per heavy atom. The second kappa shape index (κ2) is 39.7. The normalized spacial score (nSPS) is 14.1. The van der Waals surface area contributed by atoms with Crippen molar-refractivity contribution >= 4 is 19.8 Å². The predicted molar refractivity (Wildman–Crippen MR) is 222 cm³/mol. The Hall–Kier alpha value is -1.55. The van der Waals surface area contributed by atoms with Crippen LogP contribution in [0.15, 0.2) is 24.3 Å². The molecule has 0 aromatic rings. The summed E-state index contributed by atoms with van der Waals surface area (Å²) in [5.41, 5.74) is 5.35. The van der Waals surface area contributed by atoms with Crippen LogP contribution >= 0.6 is 7.82 Å². The molecule has 0 bridgehead atoms. The molecule has 0 aliphatic heterocycles. The molecule has 0 heterocycles. The van der Waals surface area contributed by atoms with Gasteiger partial charge in [0.25, 0.3) is 0 Å². The zero-order valence-corrected chi connectivity index (χ0v) is 35.5. The van der Waals surface area contributed by atoms with Crippen LogP contribution in [0.4, 0.5) is 0 Å². The van der Waals surface area contributed by atoms with Crippen molar-refractivity contribution in [3.8, 4) is 0 Å². The standard InChI is InChI=1S/C43H82NO9P/c1-3-5-7-9-11-13-15-16-17-18-19-20-21-22-23-24-25-27-29-31-33-35-42(45)53-40(38-51-54(48,49)52-39-41(44)43(46)47)37-50-36-34-32-30-28-26-14-12-10-8-6-4-2/h8,10,18-19,40-41H,3-7,9,11-17,20-39,44H2,1-2H3,(H,46,47)(H,48,49)/b10-8-,19-18-. The van der Waals surface area contributed by atoms with Gasteiger partial charge < -0.3 is 25.2 Å². The van der Waals surface area contributed by atoms with Crippen molar-refractivity contribution in [2.24, 2.45) is 5.73 Å². The van der Waals surface area contributed by atoms with Crippen LogP contribution in [0.5, 0.6) is 0 Å². The first kappa shape index (κ1) is 52.5. The van der Waals surface area contributed by atoms with Crippen molar-refractivity contribution in [1.29, 1.82) is 0 Å². The molecule has 54 heavy (non-hydrogen) atoms. The van der Waals surface area contributed by atoms with Gasteiger partial charge >= 0.3 is 19.8 Å². The maximum atomic E-state index is 12.6. The Morgan fingerprint density at radius 1 is 0.574 bits per heavy atom. The molecular formula is C43H82NO9P. The number of ether oxygens (including phenoxy) is 2. The highest BCUT2D eigenvalue weighted by Gasteiger charge is 2.27. The molecule has 0 aliphatic rings. The Bertz CT molecular complexity index is 961. The van der Waals surface area contributed by atoms with Gasteiger partial charge in [0, 0.05) is 13.0 Å². The maximum Gasteiger partial charge on any atom is 0.472 e. The lowest BCUT2D eigenvalue weighted by atomic mass is 10.1. The topological polar surface area (TPSA) is 155 Å². The molecule has 10 nitrogen and oxygen atoms in total. The molecular weight excluding hydrogens is 705 g/mol. The zero-order chi connectivity index (χ0) is 39.8. The zero-order valence-electron chi connectivity index (χ0n) is 34.6. The van der Waals surface area contributed by atoms with Crippen LogP contribution < -0.4 is 5.73 Å². The summed E-state index contributed by atoms with van der Waals surface area (Å²) in [4.78, 5) is 33.5. The third-order valence-electron chi connectivity index (χ3n) is 9.43. The molecule has 0 saturated heterocycles. The van der Waals surface area contributed by atoms with Gasteiger partial charge in [-0.25, -0.2) is 4.57 Å². The van der Waals surface area contributed by atoms with Crippen LogP contribution in [-0.2, 0) is 32.7 Å². The first-order chi connectivity index (χ1) is 26.2. The van der Waals surface area contributed by atoms with E-state index in [1.165, 1.54) is 122 Å². The van der Waals surface area contributed by atoms with Crippen molar-refractivity contribution in [3.63, 3.8) is 0 Å². The molecule has 4 N–H and O–H groups in total. The number of esters is 1. The molecule has 0 saturated carbocycles. The summed E-state index contributed by atoms with van der Waals surface area (Å²) < 4.78 is 33.3. The SMILES string of the molecule is CCC/C=C\CCCCCCCCOCC(COP(=O)(O)OCC(N)C(=O)O)OC(=O)CCCCCCCCCCC/C=C\CCCCCCCCCC. The fraction of sp³-hybridized carbons (Fsp3) is 0.860. The van der Waals surface area contributed by atoms with Gasteiger partial charge in [-0.15, -0.1) is 0 Å². The van der Waals surface area contributed by atoms with Gasteiger partial charge in [-0.05, 0) is 57.8 Å². The van der Waals surface area contributed by atoms with E-state index in [-0.39, 0.29) is 13.0 Å². The molecule has 3 unspecified atom stereocenters. The van der Waals surface area contributed by atoms with Crippen LogP contribution in [0.25, 0.3) is 0 Å². The number of nitrogens with two attached hydrogens (primary N) is 1. The first-order valence-corrected chi connectivity index (χ1v) is 23.4. The Labute approximate surface area is 330 Å². The van der Waals surface area contributed by atoms with Crippen LogP contribution in [0.3, 0.4) is 0 Å². The van der Waals surface area contributed by atoms with Gasteiger partial charge in [0.2, 0.25) is 0 Å². The van der Waals surface area contributed by atoms with Crippen molar-refractivity contribution in [2.45, 2.75) is 212 Å². The molecule has 0 aromatic carbocycles. The summed E-state index contributed by atoms with van der Waals surface area (Å²) in [6.07, 6.45) is 42.4. The summed E-state index contributed by atoms with van der Waals surface area (Å²) in [5.74, 6) is -1.78. The number of carbonyl (C=O) groups excluding carboxylic acids is 1. The largest absolute Gasteiger partial charge is 0.480 e. The van der Waals surface area contributed by atoms with E-state index in [9.17, 15) is 19.0 Å². The van der Waals surface area contributed by atoms with Gasteiger partial charge in [0.05, 0.1) is 19.8 Å². The minimum Gasteiger partial charge on any atom is -0.480 e. The molecule has 0 amide bonds. The maximum absolute atomic E-state index is 12.6. The molecule has 3 atom stereocenters. The van der Waals surface area contributed by atoms with Crippen molar-refractivity contribution < 1.29 is 42.7 Å². The second-order valence-electron chi connectivity index (χ2n) is 14.8. The van der Waals surface area contributed by atoms with E-state index in [1.54, 1.807) is 0 Å². The average molecular weight is 788 g/mol. The smallest absolute Gasteiger partial charge is 0.472 e. The predicted octanol–water partition coefficient (Wildman–Crippen LogP) is 11.9. The quantitative estimate of drug-likeness (QED) is 0.0236. The van der Waals surface area contributed by atoms with E-state index in [4.69, 9.17) is 29.4 Å². The number of carboxylic acid groups (broad SMARTS) is 1. The van der Waals surface area contributed by atoms with Gasteiger partial charge in [-0.1, -0.05) is 160 Å². The third kappa shape index (κ3) is 38.7. The minimum atomic E-state index is -4.61. The Morgan fingerprint density at radius 3 is 1.48 bits per heavy atom. The summed E-state index contributed by atoms with van der Waals surface area (Å²) >= 11 is 0. The van der Waals surface area contributed by atoms with Crippen molar-refractivity contribution in [3.05, 3.63) is 24.3 Å². The number of carboxylic acids is 1. The molecule has 318 valence electrons. The third-order valence-corrected chi connectivity index (χ3v) is 10.4. The second-order valence-corrected chi connectivity index (χ2v) is 16.3. The van der Waals surface area contributed by atoms with Crippen LogP contribution in [0.1, 0.15) is 200 Å². The number of hydrogen-bond donors (Lipinski definition) is 3. The van der Waals surface area contributed by atoms with Gasteiger partial charge in [0.1, 0.15) is 12.1 Å². The van der Waals surface area contributed by atoms with E-state index in [0.29, 0.717) is 13.0 Å². The van der Waals surface area contributed by atoms with Gasteiger partial charge in [0.15, 0.2) is 0 Å². The van der Waals surface area contributed by atoms with E-state index in [2.05, 4.69) is 38.2 Å². The highest BCUT2D eigenvalue weighted by atomic mass is 31.2. The van der Waals surface area contributed by atoms with Crippen LogP contribution in [-0.4, -0.2) is 60.5 Å². The fourth-order valence-corrected chi connectivity index (χ4v) is 6.79. The highest BCUT2D eigenvalue weighted by molar-refractivity contribution is 7.47. The lowest BCUT2D eigenvalue weighted by Crippen LogP contribution is -2.34. The molecule has 11 heteroatoms. The highest BCUT2D eigenvalue weighted by Crippen LogP contribution is 2.43. The number of phosphoric acid groups is 1. The number of carbonyl (C=O) groups is 2. The number of phosphoric ester groups is 1. The summed E-state index contributed by atoms with van der Waals surface area (Å²) in [6, 6.07) is -1.47. The Kier molecular flexibility index (Phi) is 38.5. The number of hydrogen-bond acceptors (Lipinski definition) is 8. The summed E-state index contributed by atoms with van der Waals surface area (Å²) in [7, 11) is -4.61. The van der Waals surface area contributed by atoms with Crippen molar-refractivity contribution in [2.75, 3.05) is 26.4 Å². The average Bonchev–Trinajstić information content (AvgIpc) is 3.15. The Balaban J connectivity index is 4.15. The molecule has 0 aliphatic carbocycles. The monoisotopic (exact) mass is 788 g/mol. The lowest BCUT2D eigenvalue weighted by Gasteiger charge is -2.20. The molecule has 0 spiro atoms. The molecule has 0 rings (SSSR count). The van der Waals surface area contributed by atoms with E-state index < -0.39 is 45.1 Å². The molecule has 0 fully saturated rings. The first-order valence-electron chi connectivity index (χ1n) is 21.9. The number of allylic oxidation sites excluding steroid dienone is 4. The van der Waals surface area contributed by atoms with Crippen LogP contribution in [0.2, 0.25) is 0 Å². The summed E-state index contributed by atoms with van der Waals surface area (Å²) in [6.45, 7) is 3.82. The van der Waals surface area contributed by atoms with E-state index >= 15 is 0 Å². The van der Waals surface area contributed by atoms with Gasteiger partial charge in [-0.2, -0.15) is 0 Å². The molecule has 0 radical (unpaired) electrons. The summed E-state index contributed by atoms with van der Waals surface area (Å²) in [5, 5.41) is 8.88. The van der Waals surface area contributed by atoms with E-state index in [0.717, 1.165) is 51.4 Å². The van der Waals surface area contributed by atoms with Crippen molar-refractivity contribution in [1.82, 2.24) is 0 Å². The fourth-order valence-electron chi connectivity index (χ4n) is 6.01.